The van der Waals surface area contributed by atoms with Gasteiger partial charge >= 0.3 is 0 Å². The SMILES string of the molecule is CSc1ccc(C(O)c2ccc3c(c2)OCCO3)cc1. The molecular formula is C16H16O3S. The molecule has 3 nitrogen and oxygen atoms in total. The first-order chi connectivity index (χ1) is 9.78. The van der Waals surface area contributed by atoms with E-state index in [-0.39, 0.29) is 0 Å². The molecule has 2 aromatic carbocycles. The molecule has 0 bridgehead atoms. The lowest BCUT2D eigenvalue weighted by molar-refractivity contribution is 0.169. The van der Waals surface area contributed by atoms with E-state index >= 15 is 0 Å². The molecular weight excluding hydrogens is 272 g/mol. The maximum atomic E-state index is 10.5. The Morgan fingerprint density at radius 2 is 1.60 bits per heavy atom. The molecule has 104 valence electrons. The summed E-state index contributed by atoms with van der Waals surface area (Å²) in [5, 5.41) is 10.5. The van der Waals surface area contributed by atoms with Crippen molar-refractivity contribution in [3.05, 3.63) is 53.6 Å². The number of rotatable bonds is 3. The van der Waals surface area contributed by atoms with E-state index in [1.165, 1.54) is 4.90 Å². The average Bonchev–Trinajstić information content (AvgIpc) is 2.54. The third kappa shape index (κ3) is 2.62. The van der Waals surface area contributed by atoms with Crippen molar-refractivity contribution in [1.29, 1.82) is 0 Å². The van der Waals surface area contributed by atoms with Crippen LogP contribution in [0.5, 0.6) is 11.5 Å². The summed E-state index contributed by atoms with van der Waals surface area (Å²) in [7, 11) is 0. The Labute approximate surface area is 122 Å². The predicted molar refractivity (Wildman–Crippen MR) is 79.7 cm³/mol. The third-order valence-electron chi connectivity index (χ3n) is 3.31. The number of ether oxygens (including phenoxy) is 2. The maximum absolute atomic E-state index is 10.5. The Morgan fingerprint density at radius 3 is 2.30 bits per heavy atom. The largest absolute Gasteiger partial charge is 0.486 e. The van der Waals surface area contributed by atoms with E-state index in [4.69, 9.17) is 9.47 Å². The van der Waals surface area contributed by atoms with Crippen LogP contribution in [0.4, 0.5) is 0 Å². The monoisotopic (exact) mass is 288 g/mol. The molecule has 3 rings (SSSR count). The zero-order valence-corrected chi connectivity index (χ0v) is 12.0. The van der Waals surface area contributed by atoms with Gasteiger partial charge in [-0.15, -0.1) is 11.8 Å². The van der Waals surface area contributed by atoms with Crippen molar-refractivity contribution in [3.8, 4) is 11.5 Å². The topological polar surface area (TPSA) is 38.7 Å². The molecule has 0 aliphatic carbocycles. The first-order valence-corrected chi connectivity index (χ1v) is 7.72. The molecule has 0 spiro atoms. The third-order valence-corrected chi connectivity index (χ3v) is 4.06. The van der Waals surface area contributed by atoms with Gasteiger partial charge in [0.25, 0.3) is 0 Å². The van der Waals surface area contributed by atoms with Crippen LogP contribution in [0.3, 0.4) is 0 Å². The van der Waals surface area contributed by atoms with Crippen LogP contribution in [0.25, 0.3) is 0 Å². The van der Waals surface area contributed by atoms with Crippen LogP contribution in [0, 0.1) is 0 Å². The van der Waals surface area contributed by atoms with Crippen molar-refractivity contribution in [2.24, 2.45) is 0 Å². The fraction of sp³-hybridized carbons (Fsp3) is 0.250. The predicted octanol–water partition coefficient (Wildman–Crippen LogP) is 3.26. The van der Waals surface area contributed by atoms with Gasteiger partial charge in [-0.2, -0.15) is 0 Å². The minimum Gasteiger partial charge on any atom is -0.486 e. The van der Waals surface area contributed by atoms with Crippen molar-refractivity contribution in [2.45, 2.75) is 11.0 Å². The fourth-order valence-electron chi connectivity index (χ4n) is 2.21. The molecule has 0 fully saturated rings. The van der Waals surface area contributed by atoms with Crippen LogP contribution < -0.4 is 9.47 Å². The zero-order chi connectivity index (χ0) is 13.9. The quantitative estimate of drug-likeness (QED) is 0.880. The van der Waals surface area contributed by atoms with Crippen molar-refractivity contribution < 1.29 is 14.6 Å². The zero-order valence-electron chi connectivity index (χ0n) is 11.2. The number of fused-ring (bicyclic) bond motifs is 1. The van der Waals surface area contributed by atoms with Gasteiger partial charge in [0.2, 0.25) is 0 Å². The number of benzene rings is 2. The number of aliphatic hydroxyl groups is 1. The molecule has 0 saturated carbocycles. The van der Waals surface area contributed by atoms with Crippen molar-refractivity contribution >= 4 is 11.8 Å². The first-order valence-electron chi connectivity index (χ1n) is 6.49. The van der Waals surface area contributed by atoms with E-state index in [0.717, 1.165) is 16.9 Å². The van der Waals surface area contributed by atoms with Gasteiger partial charge in [-0.25, -0.2) is 0 Å². The Kier molecular flexibility index (Phi) is 3.85. The summed E-state index contributed by atoms with van der Waals surface area (Å²) < 4.78 is 11.0. The number of aliphatic hydroxyl groups excluding tert-OH is 1. The van der Waals surface area contributed by atoms with E-state index in [2.05, 4.69) is 0 Å². The number of hydrogen-bond acceptors (Lipinski definition) is 4. The van der Waals surface area contributed by atoms with E-state index in [0.29, 0.717) is 19.0 Å². The second-order valence-corrected chi connectivity index (χ2v) is 5.46. The molecule has 1 aliphatic rings. The fourth-order valence-corrected chi connectivity index (χ4v) is 2.62. The van der Waals surface area contributed by atoms with Crippen LogP contribution in [-0.2, 0) is 0 Å². The van der Waals surface area contributed by atoms with Gasteiger partial charge in [0.05, 0.1) is 0 Å². The smallest absolute Gasteiger partial charge is 0.161 e. The molecule has 20 heavy (non-hydrogen) atoms. The molecule has 1 aliphatic heterocycles. The van der Waals surface area contributed by atoms with Crippen LogP contribution >= 0.6 is 11.8 Å². The lowest BCUT2D eigenvalue weighted by Gasteiger charge is -2.20. The summed E-state index contributed by atoms with van der Waals surface area (Å²) in [5.74, 6) is 1.44. The Hall–Kier alpha value is -1.65. The normalized spacial score (nSPS) is 14.9. The van der Waals surface area contributed by atoms with Gasteiger partial charge in [0, 0.05) is 4.90 Å². The highest BCUT2D eigenvalue weighted by molar-refractivity contribution is 7.98. The molecule has 0 amide bonds. The Bertz CT molecular complexity index is 595. The van der Waals surface area contributed by atoms with Crippen molar-refractivity contribution in [1.82, 2.24) is 0 Å². The van der Waals surface area contributed by atoms with Gasteiger partial charge < -0.3 is 14.6 Å². The Balaban J connectivity index is 1.87. The molecule has 4 heteroatoms. The van der Waals surface area contributed by atoms with Crippen molar-refractivity contribution in [3.63, 3.8) is 0 Å². The number of thioether (sulfide) groups is 1. The van der Waals surface area contributed by atoms with Gasteiger partial charge in [0.1, 0.15) is 19.3 Å². The van der Waals surface area contributed by atoms with Gasteiger partial charge in [-0.3, -0.25) is 0 Å². The van der Waals surface area contributed by atoms with Crippen LogP contribution in [0.15, 0.2) is 47.4 Å². The molecule has 0 saturated heterocycles. The number of hydrogen-bond donors (Lipinski definition) is 1. The van der Waals surface area contributed by atoms with Crippen molar-refractivity contribution in [2.75, 3.05) is 19.5 Å². The Morgan fingerprint density at radius 1 is 0.950 bits per heavy atom. The molecule has 1 heterocycles. The van der Waals surface area contributed by atoms with Gasteiger partial charge in [-0.05, 0) is 41.6 Å². The minimum atomic E-state index is -0.651. The highest BCUT2D eigenvalue weighted by Crippen LogP contribution is 2.34. The highest BCUT2D eigenvalue weighted by atomic mass is 32.2. The minimum absolute atomic E-state index is 0.551. The summed E-state index contributed by atoms with van der Waals surface area (Å²) in [6.07, 6.45) is 1.38. The lowest BCUT2D eigenvalue weighted by atomic mass is 10.0. The summed E-state index contributed by atoms with van der Waals surface area (Å²) in [6.45, 7) is 1.13. The molecule has 0 aromatic heterocycles. The van der Waals surface area contributed by atoms with Crippen LogP contribution in [0.1, 0.15) is 17.2 Å². The summed E-state index contributed by atoms with van der Waals surface area (Å²) in [4.78, 5) is 1.18. The standard InChI is InChI=1S/C16H16O3S/c1-20-13-5-2-11(3-6-13)16(17)12-4-7-14-15(10-12)19-9-8-18-14/h2-7,10,16-17H,8-9H2,1H3. The maximum Gasteiger partial charge on any atom is 0.161 e. The van der Waals surface area contributed by atoms with E-state index < -0.39 is 6.10 Å². The second-order valence-electron chi connectivity index (χ2n) is 4.58. The first kappa shape index (κ1) is 13.3. The van der Waals surface area contributed by atoms with Gasteiger partial charge in [0.15, 0.2) is 11.5 Å². The van der Waals surface area contributed by atoms with E-state index in [1.54, 1.807) is 11.8 Å². The summed E-state index contributed by atoms with van der Waals surface area (Å²) >= 11 is 1.69. The van der Waals surface area contributed by atoms with Gasteiger partial charge in [-0.1, -0.05) is 18.2 Å². The van der Waals surface area contributed by atoms with E-state index in [9.17, 15) is 5.11 Å². The molecule has 1 atom stereocenters. The highest BCUT2D eigenvalue weighted by Gasteiger charge is 2.16. The molecule has 1 unspecified atom stereocenters. The summed E-state index contributed by atoms with van der Waals surface area (Å²) in [6, 6.07) is 13.5. The van der Waals surface area contributed by atoms with E-state index in [1.807, 2.05) is 48.7 Å². The second kappa shape index (κ2) is 5.77. The average molecular weight is 288 g/mol. The van der Waals surface area contributed by atoms with Crippen LogP contribution in [-0.4, -0.2) is 24.6 Å². The summed E-state index contributed by atoms with van der Waals surface area (Å²) in [5.41, 5.74) is 1.69. The molecule has 1 N–H and O–H groups in total. The molecule has 2 aromatic rings. The lowest BCUT2D eigenvalue weighted by Crippen LogP contribution is -2.15. The molecule has 0 radical (unpaired) electrons. The van der Waals surface area contributed by atoms with Crippen LogP contribution in [0.2, 0.25) is 0 Å².